The predicted molar refractivity (Wildman–Crippen MR) is 604 cm³/mol. The molecule has 5 nitrogen and oxygen atoms in total. The van der Waals surface area contributed by atoms with Crippen LogP contribution >= 0.6 is 22.6 Å². The van der Waals surface area contributed by atoms with Crippen molar-refractivity contribution in [1.82, 2.24) is 0 Å². The Labute approximate surface area is 843 Å². The van der Waals surface area contributed by atoms with E-state index in [1.165, 1.54) is 104 Å². The summed E-state index contributed by atoms with van der Waals surface area (Å²) in [5.74, 6) is 0. The molecule has 0 amide bonds. The zero-order chi connectivity index (χ0) is 93.0. The van der Waals surface area contributed by atoms with E-state index >= 15 is 0 Å². The number of anilines is 3. The summed E-state index contributed by atoms with van der Waals surface area (Å²) in [4.78, 5) is 2.48. The molecular formula is C137H92INO4. The van der Waals surface area contributed by atoms with Crippen molar-refractivity contribution in [3.63, 3.8) is 0 Å². The van der Waals surface area contributed by atoms with Crippen molar-refractivity contribution in [2.75, 3.05) is 4.90 Å². The summed E-state index contributed by atoms with van der Waals surface area (Å²) in [5, 5.41) is 9.03. The lowest BCUT2D eigenvalue weighted by Gasteiger charge is -2.45. The highest BCUT2D eigenvalue weighted by molar-refractivity contribution is 14.1. The Morgan fingerprint density at radius 1 is 0.182 bits per heavy atom. The van der Waals surface area contributed by atoms with Gasteiger partial charge in [-0.15, -0.1) is 0 Å². The molecule has 22 aromatic carbocycles. The summed E-state index contributed by atoms with van der Waals surface area (Å²) in [6.07, 6.45) is 0.844. The summed E-state index contributed by atoms with van der Waals surface area (Å²) in [6.45, 7) is 0. The van der Waals surface area contributed by atoms with Crippen molar-refractivity contribution in [1.29, 1.82) is 0 Å². The van der Waals surface area contributed by atoms with Crippen LogP contribution in [0.15, 0.2) is 515 Å². The highest BCUT2D eigenvalue weighted by atomic mass is 127. The average molecular weight is 1940 g/mol. The summed E-state index contributed by atoms with van der Waals surface area (Å²) >= 11 is 2.28. The molecule has 4 aliphatic rings. The van der Waals surface area contributed by atoms with Crippen LogP contribution in [0.5, 0.6) is 0 Å². The second kappa shape index (κ2) is 34.6. The monoisotopic (exact) mass is 1940 g/mol. The number of furan rings is 4. The van der Waals surface area contributed by atoms with E-state index in [-0.39, 0.29) is 14.9 Å². The van der Waals surface area contributed by atoms with E-state index in [1.54, 1.807) is 0 Å². The standard InChI is InChI=1S/C67H41NO2.C62H38O2.C6H5I.2CH4/c1-2-18-44(19-3-1)68-61-38-36-42(45-20-4-6-22-47(45)53-28-16-30-55-51-26-10-14-34-63(51)69-65(53)55)40-59(61)67(57-32-12-8-24-49(57)50-25-9-13-33-58(50)67)60-41-43(37-39-62(60)68)46-21-5-7-23-48(46)54-29-17-31-56-52-27-11-15-35-64(52)70-66(54)56;1-3-17-44(50-23-13-25-52-48-21-7-11-29-58(48)63-60(50)52)42(15-1)38-31-33-40-35-41-34-32-39(37-57(41)62(56(40)36-38)54-27-9-5-19-46(54)47-20-6-10-28-55(47)62)43-16-2-4-18-45(43)51-24-14-26-53-49-22-8-12-30-59(49)64-61(51)53;7-6-4-2-1-3-5-6;;/h1-41H;1-34,36-37H,35H2;1-5H;2*1H4. The lowest BCUT2D eigenvalue weighted by molar-refractivity contribution is 0.669. The minimum absolute atomic E-state index is 0. The second-order valence-electron chi connectivity index (χ2n) is 37.3. The van der Waals surface area contributed by atoms with E-state index in [4.69, 9.17) is 17.7 Å². The van der Waals surface area contributed by atoms with Gasteiger partial charge in [-0.1, -0.05) is 427 Å². The van der Waals surface area contributed by atoms with Gasteiger partial charge in [0, 0.05) is 74.6 Å². The molecule has 4 aromatic heterocycles. The number of fused-ring (bicyclic) bond motifs is 30. The summed E-state index contributed by atoms with van der Waals surface area (Å²) in [7, 11) is 0. The average Bonchev–Trinajstić information content (AvgIpc) is 1.54. The van der Waals surface area contributed by atoms with Crippen molar-refractivity contribution < 1.29 is 17.7 Å². The van der Waals surface area contributed by atoms with Gasteiger partial charge in [0.2, 0.25) is 0 Å². The third-order valence-corrected chi connectivity index (χ3v) is 30.8. The normalized spacial score (nSPS) is 12.9. The number of benzene rings is 22. The molecule has 0 saturated heterocycles. The number of halogens is 1. The number of rotatable bonds is 9. The highest BCUT2D eigenvalue weighted by Crippen LogP contribution is 2.66. The first-order valence-electron chi connectivity index (χ1n) is 48.4. The zero-order valence-corrected chi connectivity index (χ0v) is 78.7. The van der Waals surface area contributed by atoms with Crippen molar-refractivity contribution in [2.45, 2.75) is 32.1 Å². The van der Waals surface area contributed by atoms with Crippen LogP contribution in [0.2, 0.25) is 0 Å². The molecule has 0 radical (unpaired) electrons. The molecule has 26 aromatic rings. The smallest absolute Gasteiger partial charge is 0.143 e. The maximum atomic E-state index is 6.68. The molecule has 0 N–H and O–H groups in total. The number of nitrogens with zero attached hydrogens (tertiary/aromatic N) is 1. The fourth-order valence-corrected chi connectivity index (χ4v) is 24.5. The molecule has 6 heteroatoms. The minimum Gasteiger partial charge on any atom is -0.455 e. The van der Waals surface area contributed by atoms with E-state index in [1.807, 2.05) is 42.5 Å². The van der Waals surface area contributed by atoms with Gasteiger partial charge in [-0.25, -0.2) is 0 Å². The van der Waals surface area contributed by atoms with Crippen LogP contribution in [0.4, 0.5) is 17.1 Å². The maximum absolute atomic E-state index is 6.68. The fourth-order valence-electron chi connectivity index (χ4n) is 24.1. The van der Waals surface area contributed by atoms with Crippen LogP contribution in [-0.2, 0) is 17.3 Å². The van der Waals surface area contributed by atoms with Gasteiger partial charge in [-0.3, -0.25) is 0 Å². The van der Waals surface area contributed by atoms with Crippen LogP contribution in [-0.4, -0.2) is 0 Å². The Balaban J connectivity index is 0.000000135. The lowest BCUT2D eigenvalue weighted by Crippen LogP contribution is -2.36. The molecule has 0 bridgehead atoms. The largest absolute Gasteiger partial charge is 0.455 e. The maximum Gasteiger partial charge on any atom is 0.143 e. The first-order chi connectivity index (χ1) is 69.9. The first-order valence-corrected chi connectivity index (χ1v) is 49.5. The van der Waals surface area contributed by atoms with E-state index in [9.17, 15) is 0 Å². The third kappa shape index (κ3) is 13.3. The van der Waals surface area contributed by atoms with Gasteiger partial charge in [0.05, 0.1) is 22.2 Å². The molecule has 676 valence electrons. The lowest BCUT2D eigenvalue weighted by atomic mass is 9.61. The first kappa shape index (κ1) is 85.9. The van der Waals surface area contributed by atoms with Crippen molar-refractivity contribution in [3.8, 4) is 111 Å². The van der Waals surface area contributed by atoms with Gasteiger partial charge >= 0.3 is 0 Å². The Hall–Kier alpha value is -17.4. The van der Waals surface area contributed by atoms with Gasteiger partial charge in [0.15, 0.2) is 0 Å². The van der Waals surface area contributed by atoms with E-state index < -0.39 is 10.8 Å². The van der Waals surface area contributed by atoms with E-state index in [2.05, 4.69) is 482 Å². The minimum atomic E-state index is -0.684. The molecule has 1 aliphatic heterocycles. The summed E-state index contributed by atoms with van der Waals surface area (Å²) in [5.41, 5.74) is 45.8. The summed E-state index contributed by atoms with van der Waals surface area (Å²) < 4.78 is 27.9. The van der Waals surface area contributed by atoms with Crippen LogP contribution in [0.1, 0.15) is 70.5 Å². The van der Waals surface area contributed by atoms with Gasteiger partial charge < -0.3 is 22.6 Å². The fraction of sp³-hybridized carbons (Fsp3) is 0.0365. The SMILES string of the molecule is C.C.Ic1ccccc1.c1ccc(-c2cccc3c2oc2ccccc23)c(-c2ccc3c(c2)C2(c4cc(-c5ccccc5-c5cccc6c5oc5ccccc56)ccc4C3)c3ccccc3-c3ccccc32)c1.c1ccc(N2c3ccc(-c4ccccc4-c4cccc5c4oc4ccccc45)cc3C3(c4ccccc4-c4ccccc43)c3cc(-c4ccccc4-c4cccc5c4oc4ccccc45)ccc32)cc1. The Bertz CT molecular complexity index is 9090. The highest BCUT2D eigenvalue weighted by Gasteiger charge is 2.54. The van der Waals surface area contributed by atoms with Gasteiger partial charge in [0.25, 0.3) is 0 Å². The van der Waals surface area contributed by atoms with Crippen molar-refractivity contribution in [3.05, 3.63) is 557 Å². The molecule has 30 rings (SSSR count). The van der Waals surface area contributed by atoms with Crippen molar-refractivity contribution >= 4 is 127 Å². The molecule has 2 spiro atoms. The molecule has 0 fully saturated rings. The van der Waals surface area contributed by atoms with Crippen LogP contribution < -0.4 is 4.90 Å². The Kier molecular flexibility index (Phi) is 20.8. The van der Waals surface area contributed by atoms with Crippen LogP contribution in [0.25, 0.3) is 199 Å². The second-order valence-corrected chi connectivity index (χ2v) is 38.6. The van der Waals surface area contributed by atoms with Gasteiger partial charge in [0.1, 0.15) is 44.7 Å². The molecule has 3 aliphatic carbocycles. The predicted octanol–water partition coefficient (Wildman–Crippen LogP) is 38.3. The van der Waals surface area contributed by atoms with Gasteiger partial charge in [-0.05, 0) is 259 Å². The number of hydrogen-bond donors (Lipinski definition) is 0. The van der Waals surface area contributed by atoms with Crippen LogP contribution in [0, 0.1) is 3.57 Å². The molecular weight excluding hydrogens is 1850 g/mol. The molecule has 0 unspecified atom stereocenters. The number of para-hydroxylation sites is 9. The molecule has 143 heavy (non-hydrogen) atoms. The van der Waals surface area contributed by atoms with Crippen LogP contribution in [0.3, 0.4) is 0 Å². The quantitative estimate of drug-likeness (QED) is 0.135. The van der Waals surface area contributed by atoms with E-state index in [0.29, 0.717) is 0 Å². The molecule has 0 atom stereocenters. The Morgan fingerprint density at radius 3 is 0.713 bits per heavy atom. The zero-order valence-electron chi connectivity index (χ0n) is 76.5. The topological polar surface area (TPSA) is 55.8 Å². The molecule has 0 saturated carbocycles. The molecule has 5 heterocycles. The van der Waals surface area contributed by atoms with E-state index in [0.717, 1.165) is 178 Å². The van der Waals surface area contributed by atoms with Crippen molar-refractivity contribution in [2.24, 2.45) is 0 Å². The summed E-state index contributed by atoms with van der Waals surface area (Å²) in [6, 6.07) is 181. The Morgan fingerprint density at radius 2 is 0.413 bits per heavy atom. The van der Waals surface area contributed by atoms with Gasteiger partial charge in [-0.2, -0.15) is 0 Å². The number of hydrogen-bond acceptors (Lipinski definition) is 5. The third-order valence-electron chi connectivity index (χ3n) is 30.1.